The summed E-state index contributed by atoms with van der Waals surface area (Å²) < 4.78 is 8.27. The van der Waals surface area contributed by atoms with Crippen molar-refractivity contribution in [2.75, 3.05) is 18.4 Å². The molecule has 1 saturated carbocycles. The highest BCUT2D eigenvalue weighted by molar-refractivity contribution is 5.35. The lowest BCUT2D eigenvalue weighted by Crippen LogP contribution is -2.35. The Balaban J connectivity index is 1.30. The fourth-order valence-electron chi connectivity index (χ4n) is 3.68. The zero-order valence-electron chi connectivity index (χ0n) is 14.1. The van der Waals surface area contributed by atoms with Crippen molar-refractivity contribution in [1.29, 1.82) is 0 Å². The van der Waals surface area contributed by atoms with Crippen molar-refractivity contribution in [2.24, 2.45) is 5.92 Å². The first-order valence-electron chi connectivity index (χ1n) is 9.09. The lowest BCUT2D eigenvalue weighted by Gasteiger charge is -2.25. The van der Waals surface area contributed by atoms with Gasteiger partial charge in [0, 0.05) is 43.7 Å². The molecule has 5 heteroatoms. The highest BCUT2D eigenvalue weighted by Gasteiger charge is 2.19. The number of ether oxygens (including phenoxy) is 1. The van der Waals surface area contributed by atoms with Crippen LogP contribution in [0, 0.1) is 5.92 Å². The van der Waals surface area contributed by atoms with Crippen molar-refractivity contribution >= 4 is 5.82 Å². The van der Waals surface area contributed by atoms with Crippen molar-refractivity contribution in [2.45, 2.75) is 44.9 Å². The maximum atomic E-state index is 6.22. The summed E-state index contributed by atoms with van der Waals surface area (Å²) >= 11 is 0. The number of hydrogen-bond acceptors (Lipinski definition) is 4. The van der Waals surface area contributed by atoms with Crippen molar-refractivity contribution in [1.82, 2.24) is 15.1 Å². The summed E-state index contributed by atoms with van der Waals surface area (Å²) in [6.07, 6.45) is 7.26. The average molecular weight is 326 g/mol. The number of para-hydroxylation sites is 1. The molecule has 0 saturated heterocycles. The number of nitrogens with one attached hydrogen (secondary N) is 2. The molecule has 4 rings (SSSR count). The molecule has 0 spiro atoms. The first-order chi connectivity index (χ1) is 11.9. The molecule has 1 aliphatic heterocycles. The Kier molecular flexibility index (Phi) is 4.69. The van der Waals surface area contributed by atoms with E-state index in [2.05, 4.69) is 40.0 Å². The van der Waals surface area contributed by atoms with E-state index in [-0.39, 0.29) is 0 Å². The number of aromatic nitrogens is 2. The third-order valence-electron chi connectivity index (χ3n) is 5.04. The monoisotopic (exact) mass is 326 g/mol. The van der Waals surface area contributed by atoms with Crippen LogP contribution in [0.2, 0.25) is 0 Å². The number of hydrogen-bond donors (Lipinski definition) is 2. The average Bonchev–Trinajstić information content (AvgIpc) is 3.27. The molecule has 1 atom stereocenters. The summed E-state index contributed by atoms with van der Waals surface area (Å²) in [6, 6.07) is 10.5. The highest BCUT2D eigenvalue weighted by atomic mass is 16.5. The summed E-state index contributed by atoms with van der Waals surface area (Å²) in [4.78, 5) is 0. The van der Waals surface area contributed by atoms with Crippen LogP contribution in [-0.4, -0.2) is 29.0 Å². The van der Waals surface area contributed by atoms with Gasteiger partial charge >= 0.3 is 0 Å². The SMILES string of the molecule is c1ccc(OC2CCCC2)c(CNC[C@@H]2CNc3ccnn3C2)c1. The van der Waals surface area contributed by atoms with Crippen molar-refractivity contribution in [3.63, 3.8) is 0 Å². The number of anilines is 1. The molecule has 24 heavy (non-hydrogen) atoms. The molecular formula is C19H26N4O. The van der Waals surface area contributed by atoms with E-state index in [1.165, 1.54) is 31.2 Å². The van der Waals surface area contributed by atoms with Crippen LogP contribution in [0.1, 0.15) is 31.2 Å². The third kappa shape index (κ3) is 3.56. The van der Waals surface area contributed by atoms with E-state index >= 15 is 0 Å². The van der Waals surface area contributed by atoms with Gasteiger partial charge in [0.25, 0.3) is 0 Å². The van der Waals surface area contributed by atoms with Crippen LogP contribution in [0.4, 0.5) is 5.82 Å². The van der Waals surface area contributed by atoms with Crippen molar-refractivity contribution < 1.29 is 4.74 Å². The van der Waals surface area contributed by atoms with E-state index in [1.807, 2.05) is 16.9 Å². The molecule has 5 nitrogen and oxygen atoms in total. The zero-order chi connectivity index (χ0) is 16.2. The van der Waals surface area contributed by atoms with Gasteiger partial charge in [-0.1, -0.05) is 18.2 Å². The standard InChI is InChI=1S/C19H26N4O/c1-4-8-18(24-17-6-2-3-7-17)16(5-1)13-20-11-15-12-21-19-9-10-22-23(19)14-15/h1,4-5,8-10,15,17,20-21H,2-3,6-7,11-14H2/t15-/m1/s1. The minimum atomic E-state index is 0.409. The van der Waals surface area contributed by atoms with Gasteiger partial charge in [0.05, 0.1) is 12.3 Å². The van der Waals surface area contributed by atoms with Gasteiger partial charge in [0.2, 0.25) is 0 Å². The van der Waals surface area contributed by atoms with Gasteiger partial charge < -0.3 is 15.4 Å². The molecule has 2 N–H and O–H groups in total. The topological polar surface area (TPSA) is 51.1 Å². The molecule has 2 heterocycles. The van der Waals surface area contributed by atoms with Crippen LogP contribution >= 0.6 is 0 Å². The summed E-state index contributed by atoms with van der Waals surface area (Å²) in [5.74, 6) is 2.73. The highest BCUT2D eigenvalue weighted by Crippen LogP contribution is 2.26. The summed E-state index contributed by atoms with van der Waals surface area (Å²) in [5, 5.41) is 11.4. The van der Waals surface area contributed by atoms with Crippen molar-refractivity contribution in [3.05, 3.63) is 42.1 Å². The fourth-order valence-corrected chi connectivity index (χ4v) is 3.68. The van der Waals surface area contributed by atoms with E-state index in [0.29, 0.717) is 12.0 Å². The van der Waals surface area contributed by atoms with Gasteiger partial charge in [-0.15, -0.1) is 0 Å². The van der Waals surface area contributed by atoms with E-state index in [1.54, 1.807) is 0 Å². The molecule has 1 fully saturated rings. The predicted molar refractivity (Wildman–Crippen MR) is 95.2 cm³/mol. The molecule has 0 radical (unpaired) electrons. The Bertz CT molecular complexity index is 663. The van der Waals surface area contributed by atoms with Gasteiger partial charge in [0.1, 0.15) is 11.6 Å². The van der Waals surface area contributed by atoms with Crippen LogP contribution in [0.25, 0.3) is 0 Å². The second kappa shape index (κ2) is 7.26. The lowest BCUT2D eigenvalue weighted by molar-refractivity contribution is 0.207. The van der Waals surface area contributed by atoms with Crippen LogP contribution < -0.4 is 15.4 Å². The van der Waals surface area contributed by atoms with Gasteiger partial charge in [-0.3, -0.25) is 0 Å². The first kappa shape index (κ1) is 15.5. The lowest BCUT2D eigenvalue weighted by atomic mass is 10.1. The second-order valence-corrected chi connectivity index (χ2v) is 6.91. The van der Waals surface area contributed by atoms with E-state index < -0.39 is 0 Å². The van der Waals surface area contributed by atoms with Crippen molar-refractivity contribution in [3.8, 4) is 5.75 Å². The molecule has 0 bridgehead atoms. The van der Waals surface area contributed by atoms with E-state index in [0.717, 1.165) is 37.7 Å². The molecule has 0 unspecified atom stereocenters. The molecule has 1 aromatic carbocycles. The Morgan fingerprint density at radius 1 is 1.21 bits per heavy atom. The first-order valence-corrected chi connectivity index (χ1v) is 9.09. The zero-order valence-corrected chi connectivity index (χ0v) is 14.1. The van der Waals surface area contributed by atoms with Crippen LogP contribution in [0.3, 0.4) is 0 Å². The summed E-state index contributed by atoms with van der Waals surface area (Å²) in [6.45, 7) is 3.80. The van der Waals surface area contributed by atoms with Gasteiger partial charge in [-0.25, -0.2) is 4.68 Å². The second-order valence-electron chi connectivity index (χ2n) is 6.91. The van der Waals surface area contributed by atoms with Crippen LogP contribution in [-0.2, 0) is 13.1 Å². The van der Waals surface area contributed by atoms with Gasteiger partial charge in [0.15, 0.2) is 0 Å². The number of benzene rings is 1. The normalized spacial score (nSPS) is 20.6. The maximum Gasteiger partial charge on any atom is 0.124 e. The summed E-state index contributed by atoms with van der Waals surface area (Å²) in [7, 11) is 0. The molecular weight excluding hydrogens is 300 g/mol. The van der Waals surface area contributed by atoms with Gasteiger partial charge in [-0.05, 0) is 31.7 Å². The summed E-state index contributed by atoms with van der Waals surface area (Å²) in [5.41, 5.74) is 1.26. The molecule has 2 aliphatic rings. The minimum Gasteiger partial charge on any atom is -0.490 e. The minimum absolute atomic E-state index is 0.409. The number of fused-ring (bicyclic) bond motifs is 1. The smallest absolute Gasteiger partial charge is 0.124 e. The van der Waals surface area contributed by atoms with Crippen LogP contribution in [0.5, 0.6) is 5.75 Å². The maximum absolute atomic E-state index is 6.22. The number of nitrogens with zero attached hydrogens (tertiary/aromatic N) is 2. The Morgan fingerprint density at radius 2 is 2.08 bits per heavy atom. The predicted octanol–water partition coefficient (Wildman–Crippen LogP) is 3.04. The molecule has 2 aromatic rings. The van der Waals surface area contributed by atoms with Gasteiger partial charge in [-0.2, -0.15) is 5.10 Å². The molecule has 1 aliphatic carbocycles. The Morgan fingerprint density at radius 3 is 3.00 bits per heavy atom. The van der Waals surface area contributed by atoms with E-state index in [9.17, 15) is 0 Å². The third-order valence-corrected chi connectivity index (χ3v) is 5.04. The number of rotatable bonds is 6. The quantitative estimate of drug-likeness (QED) is 0.857. The Labute approximate surface area is 143 Å². The van der Waals surface area contributed by atoms with Crippen LogP contribution in [0.15, 0.2) is 36.5 Å². The Hall–Kier alpha value is -2.01. The fraction of sp³-hybridized carbons (Fsp3) is 0.526. The molecule has 0 amide bonds. The largest absolute Gasteiger partial charge is 0.490 e. The molecule has 128 valence electrons. The molecule has 1 aromatic heterocycles. The van der Waals surface area contributed by atoms with E-state index in [4.69, 9.17) is 4.74 Å².